The van der Waals surface area contributed by atoms with E-state index in [1.165, 1.54) is 6.26 Å². The van der Waals surface area contributed by atoms with Gasteiger partial charge in [0.25, 0.3) is 0 Å². The second kappa shape index (κ2) is 5.97. The number of aromatic nitrogens is 1. The lowest BCUT2D eigenvalue weighted by Gasteiger charge is -2.19. The Morgan fingerprint density at radius 1 is 1.38 bits per heavy atom. The third-order valence-corrected chi connectivity index (χ3v) is 3.55. The quantitative estimate of drug-likeness (QED) is 0.904. The molecule has 6 nitrogen and oxygen atoms in total. The van der Waals surface area contributed by atoms with Crippen molar-refractivity contribution in [2.45, 2.75) is 25.1 Å². The van der Waals surface area contributed by atoms with Gasteiger partial charge >= 0.3 is 5.97 Å². The summed E-state index contributed by atoms with van der Waals surface area (Å²) in [5.74, 6) is -0.0763. The van der Waals surface area contributed by atoms with Gasteiger partial charge in [-0.1, -0.05) is 23.4 Å². The van der Waals surface area contributed by atoms with Gasteiger partial charge in [0.05, 0.1) is 5.69 Å². The highest BCUT2D eigenvalue weighted by Gasteiger charge is 2.38. The molecular formula is C15H16N2O4. The zero-order valence-electron chi connectivity index (χ0n) is 11.4. The van der Waals surface area contributed by atoms with Crippen LogP contribution in [0.3, 0.4) is 0 Å². The summed E-state index contributed by atoms with van der Waals surface area (Å²) < 4.78 is 10.6. The van der Waals surface area contributed by atoms with Gasteiger partial charge in [-0.3, -0.25) is 9.69 Å². The molecule has 0 bridgehead atoms. The first-order valence-corrected chi connectivity index (χ1v) is 6.80. The Labute approximate surface area is 121 Å². The van der Waals surface area contributed by atoms with Crippen molar-refractivity contribution in [3.63, 3.8) is 0 Å². The van der Waals surface area contributed by atoms with Crippen LogP contribution in [-0.2, 0) is 11.3 Å². The number of rotatable bonds is 5. The van der Waals surface area contributed by atoms with Crippen molar-refractivity contribution >= 4 is 5.97 Å². The fourth-order valence-electron chi connectivity index (χ4n) is 2.60. The van der Waals surface area contributed by atoms with Crippen molar-refractivity contribution in [3.8, 4) is 5.75 Å². The first kappa shape index (κ1) is 13.6. The highest BCUT2D eigenvalue weighted by Crippen LogP contribution is 2.24. The molecule has 1 aliphatic heterocycles. The number of hydrogen-bond acceptors (Lipinski definition) is 5. The summed E-state index contributed by atoms with van der Waals surface area (Å²) in [4.78, 5) is 13.3. The maximum atomic E-state index is 11.4. The first-order valence-electron chi connectivity index (χ1n) is 6.80. The summed E-state index contributed by atoms with van der Waals surface area (Å²) in [5, 5.41) is 13.2. The van der Waals surface area contributed by atoms with Crippen LogP contribution in [0.5, 0.6) is 5.75 Å². The molecule has 1 saturated heterocycles. The van der Waals surface area contributed by atoms with E-state index < -0.39 is 12.0 Å². The van der Waals surface area contributed by atoms with Gasteiger partial charge in [0, 0.05) is 25.6 Å². The van der Waals surface area contributed by atoms with E-state index in [9.17, 15) is 9.90 Å². The average molecular weight is 288 g/mol. The van der Waals surface area contributed by atoms with Gasteiger partial charge in [-0.15, -0.1) is 0 Å². The van der Waals surface area contributed by atoms with Crippen molar-refractivity contribution < 1.29 is 19.2 Å². The Balaban J connectivity index is 1.67. The molecule has 110 valence electrons. The zero-order chi connectivity index (χ0) is 14.7. The third kappa shape index (κ3) is 3.22. The number of para-hydroxylation sites is 1. The summed E-state index contributed by atoms with van der Waals surface area (Å²) in [7, 11) is 0. The van der Waals surface area contributed by atoms with E-state index in [1.54, 1.807) is 6.07 Å². The Morgan fingerprint density at radius 3 is 2.86 bits per heavy atom. The van der Waals surface area contributed by atoms with Crippen LogP contribution in [0, 0.1) is 0 Å². The van der Waals surface area contributed by atoms with Crippen LogP contribution in [0.1, 0.15) is 12.1 Å². The number of hydrogen-bond donors (Lipinski definition) is 1. The minimum absolute atomic E-state index is 0.139. The Kier molecular flexibility index (Phi) is 3.87. The lowest BCUT2D eigenvalue weighted by atomic mass is 10.2. The Bertz CT molecular complexity index is 585. The number of ether oxygens (including phenoxy) is 1. The first-order chi connectivity index (χ1) is 10.2. The van der Waals surface area contributed by atoms with Crippen LogP contribution >= 0.6 is 0 Å². The lowest BCUT2D eigenvalue weighted by molar-refractivity contribution is -0.142. The van der Waals surface area contributed by atoms with E-state index in [4.69, 9.17) is 9.26 Å². The number of carbonyl (C=O) groups is 1. The normalized spacial score (nSPS) is 22.3. The summed E-state index contributed by atoms with van der Waals surface area (Å²) >= 11 is 0. The van der Waals surface area contributed by atoms with E-state index in [0.717, 1.165) is 11.4 Å². The largest absolute Gasteiger partial charge is 0.489 e. The maximum absolute atomic E-state index is 11.4. The number of carboxylic acids is 1. The van der Waals surface area contributed by atoms with Crippen LogP contribution < -0.4 is 4.74 Å². The summed E-state index contributed by atoms with van der Waals surface area (Å²) in [6.45, 7) is 1.00. The number of benzene rings is 1. The Morgan fingerprint density at radius 2 is 2.19 bits per heavy atom. The molecule has 0 unspecified atom stereocenters. The van der Waals surface area contributed by atoms with Gasteiger partial charge in [0.1, 0.15) is 24.2 Å². The van der Waals surface area contributed by atoms with Crippen molar-refractivity contribution in [2.24, 2.45) is 0 Å². The predicted octanol–water partition coefficient (Wildman–Crippen LogP) is 1.78. The molecule has 0 aliphatic carbocycles. The molecule has 2 atom stereocenters. The molecule has 3 rings (SSSR count). The number of aliphatic carboxylic acids is 1. The van der Waals surface area contributed by atoms with E-state index in [0.29, 0.717) is 19.5 Å². The second-order valence-electron chi connectivity index (χ2n) is 5.06. The molecule has 1 aromatic heterocycles. The van der Waals surface area contributed by atoms with E-state index in [-0.39, 0.29) is 6.10 Å². The van der Waals surface area contributed by atoms with Gasteiger partial charge in [0.2, 0.25) is 0 Å². The van der Waals surface area contributed by atoms with Crippen molar-refractivity contribution in [3.05, 3.63) is 48.4 Å². The van der Waals surface area contributed by atoms with Crippen LogP contribution in [0.15, 0.2) is 47.2 Å². The maximum Gasteiger partial charge on any atom is 0.321 e. The summed E-state index contributed by atoms with van der Waals surface area (Å²) in [6, 6.07) is 10.6. The summed E-state index contributed by atoms with van der Waals surface area (Å²) in [6.07, 6.45) is 1.81. The molecular weight excluding hydrogens is 272 g/mol. The molecule has 2 aromatic rings. The minimum Gasteiger partial charge on any atom is -0.489 e. The zero-order valence-corrected chi connectivity index (χ0v) is 11.4. The van der Waals surface area contributed by atoms with Crippen molar-refractivity contribution in [1.29, 1.82) is 0 Å². The molecule has 0 spiro atoms. The number of likely N-dealkylation sites (tertiary alicyclic amines) is 1. The minimum atomic E-state index is -0.836. The fourth-order valence-corrected chi connectivity index (χ4v) is 2.60. The number of carboxylic acid groups (broad SMARTS) is 1. The molecule has 2 heterocycles. The number of nitrogens with zero attached hydrogens (tertiary/aromatic N) is 2. The molecule has 1 aliphatic rings. The molecule has 1 aromatic carbocycles. The molecule has 0 radical (unpaired) electrons. The smallest absolute Gasteiger partial charge is 0.321 e. The standard InChI is InChI=1S/C15H16N2O4/c18-15(19)14-8-13(21-12-4-2-1-3-5-12)10-17(14)9-11-6-7-20-16-11/h1-7,13-14H,8-10H2,(H,18,19)/t13-,14-/m0/s1. The molecule has 0 saturated carbocycles. The van der Waals surface area contributed by atoms with Crippen LogP contribution in [0.4, 0.5) is 0 Å². The van der Waals surface area contributed by atoms with Crippen LogP contribution in [-0.4, -0.2) is 39.8 Å². The van der Waals surface area contributed by atoms with Crippen molar-refractivity contribution in [2.75, 3.05) is 6.54 Å². The van der Waals surface area contributed by atoms with Gasteiger partial charge in [-0.05, 0) is 12.1 Å². The molecule has 21 heavy (non-hydrogen) atoms. The van der Waals surface area contributed by atoms with E-state index >= 15 is 0 Å². The predicted molar refractivity (Wildman–Crippen MR) is 73.8 cm³/mol. The second-order valence-corrected chi connectivity index (χ2v) is 5.06. The monoisotopic (exact) mass is 288 g/mol. The van der Waals surface area contributed by atoms with E-state index in [2.05, 4.69) is 5.16 Å². The highest BCUT2D eigenvalue weighted by molar-refractivity contribution is 5.74. The molecule has 6 heteroatoms. The summed E-state index contributed by atoms with van der Waals surface area (Å²) in [5.41, 5.74) is 0.724. The molecule has 1 N–H and O–H groups in total. The fraction of sp³-hybridized carbons (Fsp3) is 0.333. The Hall–Kier alpha value is -2.34. The van der Waals surface area contributed by atoms with Crippen molar-refractivity contribution in [1.82, 2.24) is 10.1 Å². The topological polar surface area (TPSA) is 75.8 Å². The van der Waals surface area contributed by atoms with Crippen LogP contribution in [0.25, 0.3) is 0 Å². The average Bonchev–Trinajstić information content (AvgIpc) is 3.10. The lowest BCUT2D eigenvalue weighted by Crippen LogP contribution is -2.35. The van der Waals surface area contributed by atoms with Gasteiger partial charge in [-0.25, -0.2) is 0 Å². The SMILES string of the molecule is O=C(O)[C@@H]1C[C@H](Oc2ccccc2)CN1Cc1ccon1. The molecule has 0 amide bonds. The van der Waals surface area contributed by atoms with Gasteiger partial charge in [0.15, 0.2) is 0 Å². The van der Waals surface area contributed by atoms with E-state index in [1.807, 2.05) is 35.2 Å². The molecule has 1 fully saturated rings. The van der Waals surface area contributed by atoms with Gasteiger partial charge in [-0.2, -0.15) is 0 Å². The third-order valence-electron chi connectivity index (χ3n) is 3.55. The highest BCUT2D eigenvalue weighted by atomic mass is 16.5. The van der Waals surface area contributed by atoms with Gasteiger partial charge < -0.3 is 14.4 Å². The van der Waals surface area contributed by atoms with Crippen LogP contribution in [0.2, 0.25) is 0 Å².